The molecule has 0 spiro atoms. The Morgan fingerprint density at radius 3 is 2.50 bits per heavy atom. The molecule has 74 valence electrons. The van der Waals surface area contributed by atoms with Crippen LogP contribution in [0.5, 0.6) is 0 Å². The van der Waals surface area contributed by atoms with Gasteiger partial charge >= 0.3 is 5.97 Å². The van der Waals surface area contributed by atoms with Crippen LogP contribution in [0.15, 0.2) is 18.2 Å². The van der Waals surface area contributed by atoms with Gasteiger partial charge in [0.05, 0.1) is 10.9 Å². The molecule has 14 heavy (non-hydrogen) atoms. The van der Waals surface area contributed by atoms with Gasteiger partial charge in [-0.25, -0.2) is 4.79 Å². The highest BCUT2D eigenvalue weighted by molar-refractivity contribution is 9.09. The van der Waals surface area contributed by atoms with Gasteiger partial charge < -0.3 is 5.11 Å². The standard InChI is InChI=1S/C10H9BrO3/c1-6-4-7(10(13)14)2-3-8(6)9(12)5-11/h2-4H,5H2,1H3,(H,13,14). The number of aryl methyl sites for hydroxylation is 1. The third-order valence-electron chi connectivity index (χ3n) is 1.90. The van der Waals surface area contributed by atoms with Gasteiger partial charge in [-0.2, -0.15) is 0 Å². The van der Waals surface area contributed by atoms with Crippen LogP contribution < -0.4 is 0 Å². The maximum Gasteiger partial charge on any atom is 0.335 e. The van der Waals surface area contributed by atoms with Crippen molar-refractivity contribution in [3.63, 3.8) is 0 Å². The summed E-state index contributed by atoms with van der Waals surface area (Å²) in [6.07, 6.45) is 0. The van der Waals surface area contributed by atoms with Crippen LogP contribution >= 0.6 is 15.9 Å². The molecular weight excluding hydrogens is 248 g/mol. The number of hydrogen-bond donors (Lipinski definition) is 1. The first kappa shape index (κ1) is 10.9. The Labute approximate surface area is 89.9 Å². The second-order valence-corrected chi connectivity index (χ2v) is 3.45. The fourth-order valence-electron chi connectivity index (χ4n) is 1.18. The van der Waals surface area contributed by atoms with E-state index >= 15 is 0 Å². The lowest BCUT2D eigenvalue weighted by molar-refractivity contribution is 0.0696. The first-order valence-corrected chi connectivity index (χ1v) is 5.11. The van der Waals surface area contributed by atoms with Gasteiger partial charge in [-0.3, -0.25) is 4.79 Å². The minimum absolute atomic E-state index is 0.0422. The van der Waals surface area contributed by atoms with Gasteiger partial charge in [-0.1, -0.05) is 22.0 Å². The number of ketones is 1. The van der Waals surface area contributed by atoms with Crippen molar-refractivity contribution in [1.29, 1.82) is 0 Å². The predicted molar refractivity (Wildman–Crippen MR) is 56.3 cm³/mol. The third-order valence-corrected chi connectivity index (χ3v) is 2.40. The van der Waals surface area contributed by atoms with Crippen molar-refractivity contribution in [2.75, 3.05) is 5.33 Å². The Kier molecular flexibility index (Phi) is 3.41. The Hall–Kier alpha value is -1.16. The molecule has 4 heteroatoms. The molecule has 1 N–H and O–H groups in total. The van der Waals surface area contributed by atoms with Crippen molar-refractivity contribution in [2.45, 2.75) is 6.92 Å². The molecule has 1 rings (SSSR count). The van der Waals surface area contributed by atoms with E-state index in [-0.39, 0.29) is 16.7 Å². The van der Waals surface area contributed by atoms with Gasteiger partial charge in [0.25, 0.3) is 0 Å². The number of Topliss-reactive ketones (excluding diaryl/α,β-unsaturated/α-hetero) is 1. The van der Waals surface area contributed by atoms with Crippen molar-refractivity contribution >= 4 is 27.7 Å². The molecule has 0 saturated carbocycles. The molecule has 3 nitrogen and oxygen atoms in total. The highest BCUT2D eigenvalue weighted by Crippen LogP contribution is 2.12. The second-order valence-electron chi connectivity index (χ2n) is 2.89. The lowest BCUT2D eigenvalue weighted by Gasteiger charge is -2.03. The Morgan fingerprint density at radius 2 is 2.07 bits per heavy atom. The molecular formula is C10H9BrO3. The molecule has 0 aliphatic heterocycles. The minimum Gasteiger partial charge on any atom is -0.478 e. The molecule has 0 bridgehead atoms. The number of benzene rings is 1. The molecule has 0 heterocycles. The summed E-state index contributed by atoms with van der Waals surface area (Å²) >= 11 is 3.07. The van der Waals surface area contributed by atoms with E-state index in [9.17, 15) is 9.59 Å². The number of rotatable bonds is 3. The highest BCUT2D eigenvalue weighted by atomic mass is 79.9. The van der Waals surface area contributed by atoms with Crippen LogP contribution in [0.4, 0.5) is 0 Å². The van der Waals surface area contributed by atoms with Crippen LogP contribution in [-0.2, 0) is 0 Å². The lowest BCUT2D eigenvalue weighted by Crippen LogP contribution is -2.05. The normalized spacial score (nSPS) is 9.86. The zero-order chi connectivity index (χ0) is 10.7. The van der Waals surface area contributed by atoms with Crippen LogP contribution in [0.2, 0.25) is 0 Å². The average Bonchev–Trinajstić information content (AvgIpc) is 2.16. The van der Waals surface area contributed by atoms with Crippen LogP contribution in [0, 0.1) is 6.92 Å². The summed E-state index contributed by atoms with van der Waals surface area (Å²) in [7, 11) is 0. The maximum atomic E-state index is 11.3. The number of carbonyl (C=O) groups is 2. The number of halogens is 1. The van der Waals surface area contributed by atoms with E-state index in [1.807, 2.05) is 0 Å². The van der Waals surface area contributed by atoms with Crippen LogP contribution in [0.25, 0.3) is 0 Å². The Morgan fingerprint density at radius 1 is 1.43 bits per heavy atom. The first-order chi connectivity index (χ1) is 6.56. The van der Waals surface area contributed by atoms with Crippen molar-refractivity contribution in [3.8, 4) is 0 Å². The molecule has 0 aromatic heterocycles. The average molecular weight is 257 g/mol. The molecule has 0 radical (unpaired) electrons. The minimum atomic E-state index is -0.981. The van der Waals surface area contributed by atoms with Gasteiger partial charge in [-0.15, -0.1) is 0 Å². The molecule has 0 unspecified atom stereocenters. The van der Waals surface area contributed by atoms with E-state index in [0.717, 1.165) is 0 Å². The Bertz CT molecular complexity index is 385. The lowest BCUT2D eigenvalue weighted by atomic mass is 10.0. The van der Waals surface area contributed by atoms with E-state index in [1.165, 1.54) is 12.1 Å². The van der Waals surface area contributed by atoms with E-state index in [4.69, 9.17) is 5.11 Å². The van der Waals surface area contributed by atoms with E-state index in [1.54, 1.807) is 13.0 Å². The van der Waals surface area contributed by atoms with Gasteiger partial charge in [-0.05, 0) is 24.6 Å². The molecule has 0 aliphatic rings. The smallest absolute Gasteiger partial charge is 0.335 e. The first-order valence-electron chi connectivity index (χ1n) is 3.99. The van der Waals surface area contributed by atoms with E-state index < -0.39 is 5.97 Å². The number of alkyl halides is 1. The third kappa shape index (κ3) is 2.20. The van der Waals surface area contributed by atoms with E-state index in [2.05, 4.69) is 15.9 Å². The van der Waals surface area contributed by atoms with Gasteiger partial charge in [0.15, 0.2) is 5.78 Å². The SMILES string of the molecule is Cc1cc(C(=O)O)ccc1C(=O)CBr. The maximum absolute atomic E-state index is 11.3. The van der Waals surface area contributed by atoms with E-state index in [0.29, 0.717) is 11.1 Å². The summed E-state index contributed by atoms with van der Waals surface area (Å²) < 4.78 is 0. The van der Waals surface area contributed by atoms with Gasteiger partial charge in [0, 0.05) is 5.56 Å². The summed E-state index contributed by atoms with van der Waals surface area (Å²) in [5.41, 5.74) is 1.45. The fourth-order valence-corrected chi connectivity index (χ4v) is 1.48. The summed E-state index contributed by atoms with van der Waals surface area (Å²) in [6, 6.07) is 4.48. The summed E-state index contributed by atoms with van der Waals surface area (Å²) in [4.78, 5) is 21.9. The monoisotopic (exact) mass is 256 g/mol. The number of carbonyl (C=O) groups excluding carboxylic acids is 1. The molecule has 0 aliphatic carbocycles. The fraction of sp³-hybridized carbons (Fsp3) is 0.200. The zero-order valence-corrected chi connectivity index (χ0v) is 9.17. The second kappa shape index (κ2) is 4.37. The number of carboxylic acid groups (broad SMARTS) is 1. The Balaban J connectivity index is 3.14. The number of carboxylic acids is 1. The number of hydrogen-bond acceptors (Lipinski definition) is 2. The van der Waals surface area contributed by atoms with Crippen molar-refractivity contribution in [1.82, 2.24) is 0 Å². The summed E-state index contributed by atoms with van der Waals surface area (Å²) in [6.45, 7) is 1.72. The topological polar surface area (TPSA) is 54.4 Å². The number of aromatic carboxylic acids is 1. The molecule has 1 aromatic carbocycles. The largest absolute Gasteiger partial charge is 0.478 e. The highest BCUT2D eigenvalue weighted by Gasteiger charge is 2.10. The summed E-state index contributed by atoms with van der Waals surface area (Å²) in [5.74, 6) is -1.02. The molecule has 0 fully saturated rings. The van der Waals surface area contributed by atoms with Crippen molar-refractivity contribution < 1.29 is 14.7 Å². The zero-order valence-electron chi connectivity index (χ0n) is 7.58. The summed E-state index contributed by atoms with van der Waals surface area (Å²) in [5, 5.41) is 8.95. The quantitative estimate of drug-likeness (QED) is 0.667. The van der Waals surface area contributed by atoms with Crippen molar-refractivity contribution in [3.05, 3.63) is 34.9 Å². The molecule has 1 aromatic rings. The molecule has 0 amide bonds. The van der Waals surface area contributed by atoms with Crippen LogP contribution in [0.1, 0.15) is 26.3 Å². The molecule has 0 atom stereocenters. The van der Waals surface area contributed by atoms with Gasteiger partial charge in [0.2, 0.25) is 0 Å². The predicted octanol–water partition coefficient (Wildman–Crippen LogP) is 2.27. The van der Waals surface area contributed by atoms with Gasteiger partial charge in [0.1, 0.15) is 0 Å². The molecule has 0 saturated heterocycles. The van der Waals surface area contributed by atoms with Crippen molar-refractivity contribution in [2.24, 2.45) is 0 Å². The van der Waals surface area contributed by atoms with Crippen LogP contribution in [-0.4, -0.2) is 22.2 Å². The van der Waals surface area contributed by atoms with Crippen LogP contribution in [0.3, 0.4) is 0 Å².